The summed E-state index contributed by atoms with van der Waals surface area (Å²) in [6.45, 7) is 3.02. The Hall–Kier alpha value is -2.16. The molecule has 0 spiro atoms. The van der Waals surface area contributed by atoms with Crippen LogP contribution >= 0.6 is 0 Å². The van der Waals surface area contributed by atoms with Gasteiger partial charge in [-0.3, -0.25) is 9.59 Å². The van der Waals surface area contributed by atoms with Gasteiger partial charge in [-0.15, -0.1) is 0 Å². The van der Waals surface area contributed by atoms with Crippen molar-refractivity contribution in [2.45, 2.75) is 13.8 Å². The van der Waals surface area contributed by atoms with E-state index in [0.717, 1.165) is 5.56 Å². The van der Waals surface area contributed by atoms with Gasteiger partial charge in [0.05, 0.1) is 5.57 Å². The minimum atomic E-state index is -0.473. The van der Waals surface area contributed by atoms with E-state index in [-0.39, 0.29) is 11.4 Å². The summed E-state index contributed by atoms with van der Waals surface area (Å²) in [7, 11) is 0. The molecule has 1 aromatic rings. The molecule has 1 N–H and O–H groups in total. The van der Waals surface area contributed by atoms with Crippen LogP contribution in [0.4, 0.5) is 0 Å². The number of allylic oxidation sites excluding steroid dienone is 3. The summed E-state index contributed by atoms with van der Waals surface area (Å²) in [5.74, 6) is -1.20. The van der Waals surface area contributed by atoms with Crippen molar-refractivity contribution < 1.29 is 14.7 Å². The van der Waals surface area contributed by atoms with Crippen molar-refractivity contribution >= 4 is 17.1 Å². The van der Waals surface area contributed by atoms with E-state index >= 15 is 0 Å². The first kappa shape index (κ1) is 11.3. The van der Waals surface area contributed by atoms with E-state index in [1.54, 1.807) is 19.1 Å². The lowest BCUT2D eigenvalue weighted by Gasteiger charge is -2.03. The highest BCUT2D eigenvalue weighted by Crippen LogP contribution is 2.34. The van der Waals surface area contributed by atoms with Gasteiger partial charge >= 0.3 is 0 Å². The molecule has 0 saturated carbocycles. The Morgan fingerprint density at radius 1 is 1.18 bits per heavy atom. The number of hydrogen-bond acceptors (Lipinski definition) is 3. The molecule has 0 bridgehead atoms. The fourth-order valence-electron chi connectivity index (χ4n) is 2.09. The second-order valence-electron chi connectivity index (χ2n) is 3.97. The van der Waals surface area contributed by atoms with Crippen LogP contribution in [0.3, 0.4) is 0 Å². The second kappa shape index (κ2) is 4.01. The van der Waals surface area contributed by atoms with Crippen LogP contribution in [0.2, 0.25) is 0 Å². The fourth-order valence-corrected chi connectivity index (χ4v) is 2.09. The van der Waals surface area contributed by atoms with Gasteiger partial charge in [0, 0.05) is 5.57 Å². The van der Waals surface area contributed by atoms with Gasteiger partial charge < -0.3 is 5.11 Å². The number of aliphatic hydroxyl groups is 1. The second-order valence-corrected chi connectivity index (χ2v) is 3.97. The van der Waals surface area contributed by atoms with Gasteiger partial charge in [-0.05, 0) is 25.0 Å². The molecule has 0 saturated heterocycles. The summed E-state index contributed by atoms with van der Waals surface area (Å²) in [6, 6.07) is 9.04. The minimum absolute atomic E-state index is 0.133. The number of benzene rings is 1. The maximum atomic E-state index is 11.9. The quantitative estimate of drug-likeness (QED) is 0.845. The summed E-state index contributed by atoms with van der Waals surface area (Å²) in [6.07, 6.45) is 0. The van der Waals surface area contributed by atoms with Crippen molar-refractivity contribution in [3.63, 3.8) is 0 Å². The lowest BCUT2D eigenvalue weighted by atomic mass is 9.99. The van der Waals surface area contributed by atoms with Crippen molar-refractivity contribution in [2.75, 3.05) is 0 Å². The zero-order valence-electron chi connectivity index (χ0n) is 9.65. The van der Waals surface area contributed by atoms with E-state index < -0.39 is 11.5 Å². The summed E-state index contributed by atoms with van der Waals surface area (Å²) in [5.41, 5.74) is 1.81. The Bertz CT molecular complexity index is 562. The normalized spacial score (nSPS) is 15.8. The molecule has 0 aromatic heterocycles. The van der Waals surface area contributed by atoms with Crippen molar-refractivity contribution in [3.8, 4) is 0 Å². The highest BCUT2D eigenvalue weighted by atomic mass is 16.3. The van der Waals surface area contributed by atoms with E-state index in [0.29, 0.717) is 11.1 Å². The molecule has 0 unspecified atom stereocenters. The third-order valence-electron chi connectivity index (χ3n) is 2.84. The highest BCUT2D eigenvalue weighted by molar-refractivity contribution is 6.35. The minimum Gasteiger partial charge on any atom is -0.504 e. The van der Waals surface area contributed by atoms with Crippen LogP contribution in [0, 0.1) is 0 Å². The SMILES string of the molecule is CC(=O)C1=C(O)C(=O)C(c2ccccc2)=C1C. The Labute approximate surface area is 99.1 Å². The summed E-state index contributed by atoms with van der Waals surface area (Å²) >= 11 is 0. The lowest BCUT2D eigenvalue weighted by molar-refractivity contribution is -0.115. The van der Waals surface area contributed by atoms with Crippen molar-refractivity contribution in [3.05, 3.63) is 52.8 Å². The predicted octanol–water partition coefficient (Wildman–Crippen LogP) is 2.44. The maximum absolute atomic E-state index is 11.9. The van der Waals surface area contributed by atoms with Crippen LogP contribution in [0.1, 0.15) is 19.4 Å². The van der Waals surface area contributed by atoms with Crippen molar-refractivity contribution in [1.29, 1.82) is 0 Å². The van der Waals surface area contributed by atoms with E-state index in [1.807, 2.05) is 18.2 Å². The number of carbonyl (C=O) groups excluding carboxylic acids is 2. The summed E-state index contributed by atoms with van der Waals surface area (Å²) in [5, 5.41) is 9.70. The average molecular weight is 228 g/mol. The first-order chi connectivity index (χ1) is 8.04. The van der Waals surface area contributed by atoms with E-state index in [2.05, 4.69) is 0 Å². The molecule has 0 radical (unpaired) electrons. The molecule has 2 rings (SSSR count). The first-order valence-electron chi connectivity index (χ1n) is 5.29. The number of aliphatic hydroxyl groups excluding tert-OH is 1. The van der Waals surface area contributed by atoms with Gasteiger partial charge in [0.15, 0.2) is 11.5 Å². The Morgan fingerprint density at radius 3 is 2.24 bits per heavy atom. The van der Waals surface area contributed by atoms with Gasteiger partial charge in [0.2, 0.25) is 5.78 Å². The standard InChI is InChI=1S/C14H12O3/c1-8-11(9(2)15)13(16)14(17)12(8)10-6-4-3-5-7-10/h3-7H,1-2H3,(H,16,17). The molecule has 0 fully saturated rings. The monoisotopic (exact) mass is 228 g/mol. The molecule has 1 aromatic carbocycles. The molecule has 3 heteroatoms. The first-order valence-corrected chi connectivity index (χ1v) is 5.29. The molecule has 0 atom stereocenters. The molecule has 1 aliphatic carbocycles. The lowest BCUT2D eigenvalue weighted by Crippen LogP contribution is -2.03. The van der Waals surface area contributed by atoms with Crippen molar-refractivity contribution in [2.24, 2.45) is 0 Å². The fraction of sp³-hybridized carbons (Fsp3) is 0.143. The van der Waals surface area contributed by atoms with Gasteiger partial charge in [-0.2, -0.15) is 0 Å². The van der Waals surface area contributed by atoms with Crippen LogP contribution in [0.5, 0.6) is 0 Å². The van der Waals surface area contributed by atoms with Gasteiger partial charge in [-0.25, -0.2) is 0 Å². The largest absolute Gasteiger partial charge is 0.504 e. The molecular formula is C14H12O3. The smallest absolute Gasteiger partial charge is 0.228 e. The number of hydrogen-bond donors (Lipinski definition) is 1. The van der Waals surface area contributed by atoms with Crippen LogP contribution in [-0.2, 0) is 9.59 Å². The number of ketones is 2. The van der Waals surface area contributed by atoms with Crippen LogP contribution < -0.4 is 0 Å². The molecule has 0 aliphatic heterocycles. The van der Waals surface area contributed by atoms with Crippen LogP contribution in [0.25, 0.3) is 5.57 Å². The zero-order chi connectivity index (χ0) is 12.6. The molecule has 1 aliphatic rings. The van der Waals surface area contributed by atoms with Gasteiger partial charge in [0.1, 0.15) is 0 Å². The average Bonchev–Trinajstić information content (AvgIpc) is 2.51. The topological polar surface area (TPSA) is 54.4 Å². The predicted molar refractivity (Wildman–Crippen MR) is 64.4 cm³/mol. The van der Waals surface area contributed by atoms with E-state index in [4.69, 9.17) is 0 Å². The molecule has 17 heavy (non-hydrogen) atoms. The van der Waals surface area contributed by atoms with E-state index in [1.165, 1.54) is 6.92 Å². The number of carbonyl (C=O) groups is 2. The number of Topliss-reactive ketones (excluding diaryl/α,β-unsaturated/α-hetero) is 2. The van der Waals surface area contributed by atoms with Crippen LogP contribution in [-0.4, -0.2) is 16.7 Å². The third kappa shape index (κ3) is 1.69. The molecule has 86 valence electrons. The zero-order valence-corrected chi connectivity index (χ0v) is 9.65. The van der Waals surface area contributed by atoms with Crippen molar-refractivity contribution in [1.82, 2.24) is 0 Å². The van der Waals surface area contributed by atoms with Gasteiger partial charge in [-0.1, -0.05) is 30.3 Å². The molecular weight excluding hydrogens is 216 g/mol. The Morgan fingerprint density at radius 2 is 1.76 bits per heavy atom. The Balaban J connectivity index is 2.60. The van der Waals surface area contributed by atoms with Gasteiger partial charge in [0.25, 0.3) is 0 Å². The summed E-state index contributed by atoms with van der Waals surface area (Å²) in [4.78, 5) is 23.3. The highest BCUT2D eigenvalue weighted by Gasteiger charge is 2.32. The summed E-state index contributed by atoms with van der Waals surface area (Å²) < 4.78 is 0. The maximum Gasteiger partial charge on any atom is 0.228 e. The number of rotatable bonds is 2. The van der Waals surface area contributed by atoms with E-state index in [9.17, 15) is 14.7 Å². The molecule has 0 heterocycles. The van der Waals surface area contributed by atoms with Crippen LogP contribution in [0.15, 0.2) is 47.2 Å². The molecule has 3 nitrogen and oxygen atoms in total. The Kier molecular flexibility index (Phi) is 2.68. The molecule has 0 amide bonds. The third-order valence-corrected chi connectivity index (χ3v) is 2.84.